The van der Waals surface area contributed by atoms with Gasteiger partial charge in [-0.25, -0.2) is 0 Å². The van der Waals surface area contributed by atoms with Gasteiger partial charge in [0.25, 0.3) is 0 Å². The Morgan fingerprint density at radius 1 is 1.12 bits per heavy atom. The van der Waals surface area contributed by atoms with Gasteiger partial charge in [-0.15, -0.1) is 0 Å². The third-order valence-corrected chi connectivity index (χ3v) is 2.41. The van der Waals surface area contributed by atoms with Gasteiger partial charge in [0, 0.05) is 6.04 Å². The lowest BCUT2D eigenvalue weighted by molar-refractivity contribution is 0.354. The van der Waals surface area contributed by atoms with Crippen LogP contribution in [0, 0.1) is 0 Å². The summed E-state index contributed by atoms with van der Waals surface area (Å²) in [6.45, 7) is 5.27. The molecule has 0 unspecified atom stereocenters. The zero-order valence-corrected chi connectivity index (χ0v) is 10.5. The molecule has 1 aromatic carbocycles. The fourth-order valence-electron chi connectivity index (χ4n) is 1.54. The van der Waals surface area contributed by atoms with E-state index in [2.05, 4.69) is 25.2 Å². The van der Waals surface area contributed by atoms with Gasteiger partial charge >= 0.3 is 0 Å². The lowest BCUT2D eigenvalue weighted by atomic mass is 10.1. The molecule has 0 saturated heterocycles. The summed E-state index contributed by atoms with van der Waals surface area (Å²) in [6, 6.07) is 6.58. The van der Waals surface area contributed by atoms with Crippen LogP contribution in [0.3, 0.4) is 0 Å². The number of ether oxygens (including phenoxy) is 2. The fourth-order valence-corrected chi connectivity index (χ4v) is 1.54. The van der Waals surface area contributed by atoms with E-state index in [9.17, 15) is 0 Å². The summed E-state index contributed by atoms with van der Waals surface area (Å²) >= 11 is 0. The minimum atomic E-state index is 0.528. The van der Waals surface area contributed by atoms with Crippen molar-refractivity contribution in [3.63, 3.8) is 0 Å². The molecule has 1 aromatic rings. The summed E-state index contributed by atoms with van der Waals surface area (Å²) in [5.74, 6) is 1.58. The molecule has 0 bridgehead atoms. The summed E-state index contributed by atoms with van der Waals surface area (Å²) in [4.78, 5) is 0. The Labute approximate surface area is 97.8 Å². The molecule has 0 atom stereocenters. The summed E-state index contributed by atoms with van der Waals surface area (Å²) in [5, 5.41) is 3.39. The Kier molecular flexibility index (Phi) is 5.12. The third-order valence-electron chi connectivity index (χ3n) is 2.41. The molecule has 0 aromatic heterocycles. The van der Waals surface area contributed by atoms with Gasteiger partial charge in [0.15, 0.2) is 11.5 Å². The van der Waals surface area contributed by atoms with Gasteiger partial charge in [0.05, 0.1) is 14.2 Å². The molecule has 1 N–H and O–H groups in total. The van der Waals surface area contributed by atoms with Crippen molar-refractivity contribution >= 4 is 0 Å². The summed E-state index contributed by atoms with van der Waals surface area (Å²) in [6.07, 6.45) is 0.999. The lowest BCUT2D eigenvalue weighted by Gasteiger charge is -2.11. The van der Waals surface area contributed by atoms with E-state index in [1.165, 1.54) is 5.56 Å². The van der Waals surface area contributed by atoms with Gasteiger partial charge in [-0.3, -0.25) is 0 Å². The van der Waals surface area contributed by atoms with Gasteiger partial charge in [-0.1, -0.05) is 19.9 Å². The standard InChI is InChI=1S/C13H21NO2/c1-10(2)14-8-7-11-5-6-12(15-3)13(9-11)16-4/h5-6,9-10,14H,7-8H2,1-4H3. The average molecular weight is 223 g/mol. The van der Waals surface area contributed by atoms with Crippen molar-refractivity contribution < 1.29 is 9.47 Å². The van der Waals surface area contributed by atoms with E-state index in [-0.39, 0.29) is 0 Å². The molecule has 16 heavy (non-hydrogen) atoms. The van der Waals surface area contributed by atoms with E-state index in [1.54, 1.807) is 14.2 Å². The summed E-state index contributed by atoms with van der Waals surface area (Å²) in [5.41, 5.74) is 1.26. The quantitative estimate of drug-likeness (QED) is 0.802. The minimum absolute atomic E-state index is 0.528. The zero-order valence-electron chi connectivity index (χ0n) is 10.5. The van der Waals surface area contributed by atoms with Crippen LogP contribution >= 0.6 is 0 Å². The fraction of sp³-hybridized carbons (Fsp3) is 0.538. The number of methoxy groups -OCH3 is 2. The molecule has 0 aliphatic heterocycles. The summed E-state index contributed by atoms with van der Waals surface area (Å²) in [7, 11) is 3.31. The van der Waals surface area contributed by atoms with Gasteiger partial charge in [-0.2, -0.15) is 0 Å². The molecule has 0 aliphatic carbocycles. The molecule has 1 rings (SSSR count). The van der Waals surface area contributed by atoms with Crippen LogP contribution < -0.4 is 14.8 Å². The minimum Gasteiger partial charge on any atom is -0.493 e. The van der Waals surface area contributed by atoms with Crippen LogP contribution in [-0.4, -0.2) is 26.8 Å². The maximum atomic E-state index is 5.26. The van der Waals surface area contributed by atoms with Gasteiger partial charge in [0.1, 0.15) is 0 Å². The van der Waals surface area contributed by atoms with Crippen LogP contribution in [0.1, 0.15) is 19.4 Å². The smallest absolute Gasteiger partial charge is 0.160 e. The van der Waals surface area contributed by atoms with E-state index >= 15 is 0 Å². The van der Waals surface area contributed by atoms with Crippen LogP contribution in [0.25, 0.3) is 0 Å². The molecule has 0 heterocycles. The second kappa shape index (κ2) is 6.38. The number of benzene rings is 1. The van der Waals surface area contributed by atoms with Gasteiger partial charge in [-0.05, 0) is 30.7 Å². The maximum Gasteiger partial charge on any atom is 0.160 e. The van der Waals surface area contributed by atoms with Crippen molar-refractivity contribution in [1.29, 1.82) is 0 Å². The van der Waals surface area contributed by atoms with E-state index in [0.717, 1.165) is 24.5 Å². The van der Waals surface area contributed by atoms with Gasteiger partial charge in [0.2, 0.25) is 0 Å². The molecule has 0 spiro atoms. The van der Waals surface area contributed by atoms with Crippen molar-refractivity contribution in [2.75, 3.05) is 20.8 Å². The molecule has 0 aliphatic rings. The van der Waals surface area contributed by atoms with Crippen molar-refractivity contribution in [3.8, 4) is 11.5 Å². The summed E-state index contributed by atoms with van der Waals surface area (Å²) < 4.78 is 10.5. The van der Waals surface area contributed by atoms with E-state index in [0.29, 0.717) is 6.04 Å². The molecule has 0 radical (unpaired) electrons. The van der Waals surface area contributed by atoms with E-state index in [4.69, 9.17) is 9.47 Å². The number of nitrogens with one attached hydrogen (secondary N) is 1. The van der Waals surface area contributed by atoms with Crippen molar-refractivity contribution in [2.24, 2.45) is 0 Å². The van der Waals surface area contributed by atoms with Crippen LogP contribution in [0.2, 0.25) is 0 Å². The van der Waals surface area contributed by atoms with Crippen LogP contribution in [-0.2, 0) is 6.42 Å². The predicted octanol–water partition coefficient (Wildman–Crippen LogP) is 2.24. The first-order valence-corrected chi connectivity index (χ1v) is 5.61. The SMILES string of the molecule is COc1ccc(CCNC(C)C)cc1OC. The van der Waals surface area contributed by atoms with Crippen molar-refractivity contribution in [2.45, 2.75) is 26.3 Å². The topological polar surface area (TPSA) is 30.5 Å². The molecular formula is C13H21NO2. The largest absolute Gasteiger partial charge is 0.493 e. The monoisotopic (exact) mass is 223 g/mol. The van der Waals surface area contributed by atoms with E-state index in [1.807, 2.05) is 12.1 Å². The molecule has 0 saturated carbocycles. The Morgan fingerprint density at radius 2 is 1.81 bits per heavy atom. The zero-order chi connectivity index (χ0) is 12.0. The van der Waals surface area contributed by atoms with Crippen LogP contribution in [0.15, 0.2) is 18.2 Å². The maximum absolute atomic E-state index is 5.26. The first-order valence-electron chi connectivity index (χ1n) is 5.61. The molecule has 0 amide bonds. The predicted molar refractivity (Wildman–Crippen MR) is 66.4 cm³/mol. The Hall–Kier alpha value is -1.22. The number of hydrogen-bond donors (Lipinski definition) is 1. The number of hydrogen-bond acceptors (Lipinski definition) is 3. The third kappa shape index (κ3) is 3.74. The first kappa shape index (κ1) is 12.8. The first-order chi connectivity index (χ1) is 7.67. The highest BCUT2D eigenvalue weighted by Gasteiger charge is 2.04. The van der Waals surface area contributed by atoms with Crippen molar-refractivity contribution in [3.05, 3.63) is 23.8 Å². The van der Waals surface area contributed by atoms with Crippen LogP contribution in [0.4, 0.5) is 0 Å². The Bertz CT molecular complexity index is 324. The molecule has 3 nitrogen and oxygen atoms in total. The Morgan fingerprint density at radius 3 is 2.38 bits per heavy atom. The molecule has 3 heteroatoms. The number of rotatable bonds is 6. The van der Waals surface area contributed by atoms with Crippen molar-refractivity contribution in [1.82, 2.24) is 5.32 Å². The average Bonchev–Trinajstić information content (AvgIpc) is 2.28. The highest BCUT2D eigenvalue weighted by atomic mass is 16.5. The molecular weight excluding hydrogens is 202 g/mol. The van der Waals surface area contributed by atoms with E-state index < -0.39 is 0 Å². The second-order valence-electron chi connectivity index (χ2n) is 4.05. The Balaban J connectivity index is 2.60. The highest BCUT2D eigenvalue weighted by molar-refractivity contribution is 5.42. The normalized spacial score (nSPS) is 10.6. The van der Waals surface area contributed by atoms with Crippen LogP contribution in [0.5, 0.6) is 11.5 Å². The molecule has 0 fully saturated rings. The molecule has 90 valence electrons. The highest BCUT2D eigenvalue weighted by Crippen LogP contribution is 2.27. The lowest BCUT2D eigenvalue weighted by Crippen LogP contribution is -2.24. The van der Waals surface area contributed by atoms with Gasteiger partial charge < -0.3 is 14.8 Å². The second-order valence-corrected chi connectivity index (χ2v) is 4.05.